The van der Waals surface area contributed by atoms with Gasteiger partial charge in [-0.2, -0.15) is 0 Å². The average Bonchev–Trinajstić information content (AvgIpc) is 2.66. The molecule has 1 aromatic heterocycles. The van der Waals surface area contributed by atoms with E-state index in [4.69, 9.17) is 14.2 Å². The van der Waals surface area contributed by atoms with Gasteiger partial charge in [0.05, 0.1) is 32.1 Å². The van der Waals surface area contributed by atoms with Gasteiger partial charge in [0.2, 0.25) is 0 Å². The number of ether oxygens (including phenoxy) is 3. The number of methoxy groups -OCH3 is 2. The summed E-state index contributed by atoms with van der Waals surface area (Å²) in [5.41, 5.74) is 0.925. The number of fused-ring (bicyclic) bond motifs is 1. The second-order valence-corrected chi connectivity index (χ2v) is 6.06. The Kier molecular flexibility index (Phi) is 5.00. The van der Waals surface area contributed by atoms with Gasteiger partial charge in [-0.05, 0) is 18.2 Å². The zero-order valence-electron chi connectivity index (χ0n) is 13.6. The second kappa shape index (κ2) is 7.20. The molecule has 0 spiro atoms. The van der Waals surface area contributed by atoms with Crippen molar-refractivity contribution < 1.29 is 23.8 Å². The van der Waals surface area contributed by atoms with Gasteiger partial charge < -0.3 is 19.1 Å². The summed E-state index contributed by atoms with van der Waals surface area (Å²) < 4.78 is 16.0. The molecule has 2 heterocycles. The number of carbonyl (C=O) groups is 2. The van der Waals surface area contributed by atoms with Gasteiger partial charge >= 0.3 is 11.9 Å². The number of halogens is 1. The summed E-state index contributed by atoms with van der Waals surface area (Å²) >= 11 is 3.49. The van der Waals surface area contributed by atoms with E-state index < -0.39 is 11.9 Å². The lowest BCUT2D eigenvalue weighted by atomic mass is 10.1. The minimum atomic E-state index is -0.631. The summed E-state index contributed by atoms with van der Waals surface area (Å²) in [5, 5.41) is 1.72. The molecule has 0 fully saturated rings. The van der Waals surface area contributed by atoms with Crippen molar-refractivity contribution in [1.29, 1.82) is 0 Å². The Morgan fingerprint density at radius 2 is 1.92 bits per heavy atom. The van der Waals surface area contributed by atoms with E-state index in [1.165, 1.54) is 14.2 Å². The first-order valence-corrected chi connectivity index (χ1v) is 8.15. The minimum absolute atomic E-state index is 0.0242. The highest BCUT2D eigenvalue weighted by atomic mass is 79.9. The fraction of sp³-hybridized carbons (Fsp3) is 0.235. The Morgan fingerprint density at radius 1 is 1.16 bits per heavy atom. The van der Waals surface area contributed by atoms with Crippen LogP contribution in [0.25, 0.3) is 10.8 Å². The van der Waals surface area contributed by atoms with Crippen molar-refractivity contribution in [3.05, 3.63) is 46.3 Å². The van der Waals surface area contributed by atoms with Gasteiger partial charge in [0.1, 0.15) is 12.4 Å². The van der Waals surface area contributed by atoms with E-state index in [0.29, 0.717) is 5.69 Å². The van der Waals surface area contributed by atoms with Gasteiger partial charge in [-0.3, -0.25) is 4.98 Å². The molecule has 0 bridgehead atoms. The van der Waals surface area contributed by atoms with E-state index >= 15 is 0 Å². The van der Waals surface area contributed by atoms with Crippen molar-refractivity contribution in [2.45, 2.75) is 0 Å². The Labute approximate surface area is 152 Å². The molecule has 8 heteroatoms. The molecule has 0 radical (unpaired) electrons. The van der Waals surface area contributed by atoms with Crippen molar-refractivity contribution in [3.63, 3.8) is 0 Å². The van der Waals surface area contributed by atoms with Crippen LogP contribution in [-0.2, 0) is 23.8 Å². The van der Waals surface area contributed by atoms with Crippen molar-refractivity contribution in [1.82, 2.24) is 4.98 Å². The molecule has 1 aliphatic rings. The number of pyridine rings is 1. The molecule has 1 aromatic carbocycles. The molecule has 0 amide bonds. The predicted molar refractivity (Wildman–Crippen MR) is 93.8 cm³/mol. The van der Waals surface area contributed by atoms with Gasteiger partial charge in [-0.1, -0.05) is 15.9 Å². The summed E-state index contributed by atoms with van der Waals surface area (Å²) in [5.74, 6) is -1.26. The van der Waals surface area contributed by atoms with Crippen LogP contribution >= 0.6 is 15.9 Å². The van der Waals surface area contributed by atoms with E-state index in [1.54, 1.807) is 17.3 Å². The van der Waals surface area contributed by atoms with Crippen LogP contribution in [0.4, 0.5) is 5.69 Å². The number of hydrogen-bond donors (Lipinski definition) is 0. The molecular weight excluding hydrogens is 392 g/mol. The van der Waals surface area contributed by atoms with Crippen LogP contribution < -0.4 is 4.90 Å². The first-order valence-electron chi connectivity index (χ1n) is 7.35. The summed E-state index contributed by atoms with van der Waals surface area (Å²) in [4.78, 5) is 30.2. The fourth-order valence-electron chi connectivity index (χ4n) is 2.71. The number of aromatic nitrogens is 1. The predicted octanol–water partition coefficient (Wildman–Crippen LogP) is 2.39. The van der Waals surface area contributed by atoms with E-state index in [9.17, 15) is 9.59 Å². The van der Waals surface area contributed by atoms with Crippen molar-refractivity contribution in [2.24, 2.45) is 0 Å². The standard InChI is InChI=1S/C17H15BrN2O5/c1-23-16(21)12-8-25-9-20(15(12)17(22)24-2)14-4-3-13(18)11-7-19-6-5-10(11)14/h3-7H,8-9H2,1-2H3. The topological polar surface area (TPSA) is 78.0 Å². The maximum atomic E-state index is 12.4. The summed E-state index contributed by atoms with van der Waals surface area (Å²) in [6, 6.07) is 5.51. The highest BCUT2D eigenvalue weighted by Gasteiger charge is 2.33. The van der Waals surface area contributed by atoms with Crippen LogP contribution in [0.2, 0.25) is 0 Å². The highest BCUT2D eigenvalue weighted by Crippen LogP contribution is 2.35. The van der Waals surface area contributed by atoms with E-state index in [0.717, 1.165) is 15.2 Å². The first-order chi connectivity index (χ1) is 12.1. The van der Waals surface area contributed by atoms with E-state index in [1.807, 2.05) is 18.2 Å². The molecule has 2 aromatic rings. The number of anilines is 1. The molecule has 0 aliphatic carbocycles. The average molecular weight is 407 g/mol. The monoisotopic (exact) mass is 406 g/mol. The van der Waals surface area contributed by atoms with E-state index in [-0.39, 0.29) is 24.6 Å². The van der Waals surface area contributed by atoms with Crippen LogP contribution in [-0.4, -0.2) is 44.5 Å². The van der Waals surface area contributed by atoms with Crippen LogP contribution in [0.5, 0.6) is 0 Å². The fourth-order valence-corrected chi connectivity index (χ4v) is 3.16. The smallest absolute Gasteiger partial charge is 0.355 e. The first kappa shape index (κ1) is 17.4. The van der Waals surface area contributed by atoms with E-state index in [2.05, 4.69) is 20.9 Å². The number of esters is 2. The maximum Gasteiger partial charge on any atom is 0.355 e. The van der Waals surface area contributed by atoms with Crippen molar-refractivity contribution in [3.8, 4) is 0 Å². The maximum absolute atomic E-state index is 12.4. The van der Waals surface area contributed by atoms with Crippen LogP contribution in [0.15, 0.2) is 46.3 Å². The van der Waals surface area contributed by atoms with Crippen molar-refractivity contribution in [2.75, 3.05) is 32.5 Å². The zero-order valence-corrected chi connectivity index (χ0v) is 15.2. The molecule has 0 saturated heterocycles. The van der Waals surface area contributed by atoms with Crippen LogP contribution in [0.3, 0.4) is 0 Å². The van der Waals surface area contributed by atoms with Gasteiger partial charge in [-0.15, -0.1) is 0 Å². The molecule has 0 saturated carbocycles. The quantitative estimate of drug-likeness (QED) is 0.723. The number of benzene rings is 1. The highest BCUT2D eigenvalue weighted by molar-refractivity contribution is 9.10. The lowest BCUT2D eigenvalue weighted by Crippen LogP contribution is -2.38. The summed E-state index contributed by atoms with van der Waals surface area (Å²) in [7, 11) is 2.52. The SMILES string of the molecule is COC(=O)C1=C(C(=O)OC)N(c2ccc(Br)c3cnccc23)COC1. The molecule has 130 valence electrons. The summed E-state index contributed by atoms with van der Waals surface area (Å²) in [6.07, 6.45) is 3.38. The number of carbonyl (C=O) groups excluding carboxylic acids is 2. The zero-order chi connectivity index (χ0) is 18.0. The molecule has 3 rings (SSSR count). The molecule has 7 nitrogen and oxygen atoms in total. The van der Waals surface area contributed by atoms with Crippen LogP contribution in [0.1, 0.15) is 0 Å². The Morgan fingerprint density at radius 3 is 2.64 bits per heavy atom. The lowest BCUT2D eigenvalue weighted by molar-refractivity contribution is -0.140. The molecule has 1 aliphatic heterocycles. The Hall–Kier alpha value is -2.45. The second-order valence-electron chi connectivity index (χ2n) is 5.20. The third-order valence-electron chi connectivity index (χ3n) is 3.87. The van der Waals surface area contributed by atoms with Gasteiger partial charge in [-0.25, -0.2) is 9.59 Å². The van der Waals surface area contributed by atoms with Crippen molar-refractivity contribution >= 4 is 44.3 Å². The Balaban J connectivity index is 2.23. The normalized spacial score (nSPS) is 14.6. The van der Waals surface area contributed by atoms with Gasteiger partial charge in [0.25, 0.3) is 0 Å². The van der Waals surface area contributed by atoms with Crippen LogP contribution in [0, 0.1) is 0 Å². The molecule has 0 atom stereocenters. The molecule has 25 heavy (non-hydrogen) atoms. The molecule has 0 N–H and O–H groups in total. The minimum Gasteiger partial charge on any atom is -0.466 e. The van der Waals surface area contributed by atoms with Gasteiger partial charge in [0, 0.05) is 27.6 Å². The number of rotatable bonds is 3. The number of hydrogen-bond acceptors (Lipinski definition) is 7. The Bertz CT molecular complexity index is 880. The molecular formula is C17H15BrN2O5. The third kappa shape index (κ3) is 3.10. The summed E-state index contributed by atoms with van der Waals surface area (Å²) in [6.45, 7) is 0.0770. The lowest BCUT2D eigenvalue weighted by Gasteiger charge is -2.32. The largest absolute Gasteiger partial charge is 0.466 e. The molecule has 0 unspecified atom stereocenters. The third-order valence-corrected chi connectivity index (χ3v) is 4.56. The number of nitrogens with zero attached hydrogens (tertiary/aromatic N) is 2. The van der Waals surface area contributed by atoms with Gasteiger partial charge in [0.15, 0.2) is 0 Å².